The smallest absolute Gasteiger partial charge is 0.416 e. The molecule has 0 unspecified atom stereocenters. The Balaban J connectivity index is 1.35. The summed E-state index contributed by atoms with van der Waals surface area (Å²) in [6.45, 7) is 3.71. The lowest BCUT2D eigenvalue weighted by Gasteiger charge is -2.24. The molecule has 0 saturated carbocycles. The number of carbonyl (C=O) groups is 1. The van der Waals surface area contributed by atoms with Gasteiger partial charge in [0.1, 0.15) is 12.9 Å². The number of aromatic nitrogens is 2. The number of fused-ring (bicyclic) bond motifs is 1. The van der Waals surface area contributed by atoms with Gasteiger partial charge in [-0.25, -0.2) is 9.97 Å². The molecule has 0 atom stereocenters. The summed E-state index contributed by atoms with van der Waals surface area (Å²) in [5.41, 5.74) is 2.36. The lowest BCUT2D eigenvalue weighted by atomic mass is 9.83. The van der Waals surface area contributed by atoms with Crippen molar-refractivity contribution in [2.24, 2.45) is 0 Å². The van der Waals surface area contributed by atoms with Gasteiger partial charge >= 0.3 is 6.18 Å². The first-order valence-electron chi connectivity index (χ1n) is 13.2. The SMILES string of the molecule is COc1cc2c(-c3ccc(NC(=O)C(C)(C)c4ccc(C(F)(F)F)cc4)cc3)ncnc2cc1OCc1ccccc1. The maximum atomic E-state index is 13.1. The summed E-state index contributed by atoms with van der Waals surface area (Å²) in [5, 5.41) is 3.63. The Hall–Kier alpha value is -4.92. The molecule has 5 aromatic rings. The van der Waals surface area contributed by atoms with Gasteiger partial charge in [0.05, 0.1) is 29.3 Å². The molecular formula is C33H28F3N3O3. The Morgan fingerprint density at radius 1 is 0.833 bits per heavy atom. The number of benzene rings is 4. The largest absolute Gasteiger partial charge is 0.493 e. The molecule has 0 spiro atoms. The number of anilines is 1. The van der Waals surface area contributed by atoms with Crippen LogP contribution in [0.2, 0.25) is 0 Å². The molecule has 0 radical (unpaired) electrons. The van der Waals surface area contributed by atoms with E-state index in [2.05, 4.69) is 15.3 Å². The monoisotopic (exact) mass is 571 g/mol. The van der Waals surface area contributed by atoms with E-state index in [4.69, 9.17) is 9.47 Å². The minimum atomic E-state index is -4.44. The molecule has 4 aromatic carbocycles. The first kappa shape index (κ1) is 28.6. The molecule has 1 amide bonds. The highest BCUT2D eigenvalue weighted by Gasteiger charge is 2.33. The van der Waals surface area contributed by atoms with Crippen LogP contribution in [0.3, 0.4) is 0 Å². The van der Waals surface area contributed by atoms with Crippen LogP contribution in [-0.2, 0) is 23.0 Å². The fourth-order valence-electron chi connectivity index (χ4n) is 4.51. The summed E-state index contributed by atoms with van der Waals surface area (Å²) in [5.74, 6) is 0.756. The van der Waals surface area contributed by atoms with Crippen LogP contribution in [0.15, 0.2) is 97.3 Å². The molecule has 42 heavy (non-hydrogen) atoms. The number of rotatable bonds is 8. The van der Waals surface area contributed by atoms with Crippen LogP contribution < -0.4 is 14.8 Å². The topological polar surface area (TPSA) is 73.3 Å². The Bertz CT molecular complexity index is 1700. The number of ether oxygens (including phenoxy) is 2. The van der Waals surface area contributed by atoms with E-state index in [9.17, 15) is 18.0 Å². The lowest BCUT2D eigenvalue weighted by molar-refractivity contribution is -0.137. The van der Waals surface area contributed by atoms with E-state index in [0.717, 1.165) is 28.6 Å². The zero-order valence-electron chi connectivity index (χ0n) is 23.2. The van der Waals surface area contributed by atoms with Crippen molar-refractivity contribution in [3.05, 3.63) is 114 Å². The van der Waals surface area contributed by atoms with Crippen LogP contribution in [0.4, 0.5) is 18.9 Å². The van der Waals surface area contributed by atoms with E-state index < -0.39 is 17.2 Å². The second kappa shape index (κ2) is 11.5. The molecule has 0 saturated heterocycles. The Kier molecular flexibility index (Phi) is 7.85. The predicted molar refractivity (Wildman–Crippen MR) is 155 cm³/mol. The van der Waals surface area contributed by atoms with E-state index in [1.54, 1.807) is 33.1 Å². The van der Waals surface area contributed by atoms with Gasteiger partial charge in [-0.05, 0) is 55.3 Å². The third kappa shape index (κ3) is 6.05. The number of hydrogen-bond acceptors (Lipinski definition) is 5. The van der Waals surface area contributed by atoms with E-state index >= 15 is 0 Å². The van der Waals surface area contributed by atoms with Gasteiger partial charge in [0.15, 0.2) is 11.5 Å². The van der Waals surface area contributed by atoms with Gasteiger partial charge < -0.3 is 14.8 Å². The molecule has 0 aliphatic rings. The predicted octanol–water partition coefficient (Wildman–Crippen LogP) is 7.82. The number of nitrogens with zero attached hydrogens (tertiary/aromatic N) is 2. The molecule has 0 bridgehead atoms. The normalized spacial score (nSPS) is 11.8. The van der Waals surface area contributed by atoms with Gasteiger partial charge in [-0.2, -0.15) is 13.2 Å². The molecule has 0 fully saturated rings. The zero-order valence-corrected chi connectivity index (χ0v) is 23.2. The summed E-state index contributed by atoms with van der Waals surface area (Å²) in [6.07, 6.45) is -2.96. The third-order valence-corrected chi connectivity index (χ3v) is 7.08. The van der Waals surface area contributed by atoms with Gasteiger partial charge in [0.25, 0.3) is 0 Å². The van der Waals surface area contributed by atoms with Crippen molar-refractivity contribution in [1.82, 2.24) is 9.97 Å². The molecule has 1 N–H and O–H groups in total. The molecule has 1 aromatic heterocycles. The van der Waals surface area contributed by atoms with Gasteiger partial charge in [-0.1, -0.05) is 54.6 Å². The number of amides is 1. The molecular weight excluding hydrogens is 543 g/mol. The number of carbonyl (C=O) groups excluding carboxylic acids is 1. The van der Waals surface area contributed by atoms with E-state index in [1.165, 1.54) is 18.5 Å². The maximum absolute atomic E-state index is 13.1. The van der Waals surface area contributed by atoms with Crippen LogP contribution in [-0.4, -0.2) is 23.0 Å². The average Bonchev–Trinajstić information content (AvgIpc) is 2.99. The Morgan fingerprint density at radius 3 is 2.14 bits per heavy atom. The van der Waals surface area contributed by atoms with Gasteiger partial charge in [-0.3, -0.25) is 4.79 Å². The molecule has 6 nitrogen and oxygen atoms in total. The highest BCUT2D eigenvalue weighted by molar-refractivity contribution is 5.99. The fraction of sp³-hybridized carbons (Fsp3) is 0.182. The summed E-state index contributed by atoms with van der Waals surface area (Å²) in [7, 11) is 1.57. The van der Waals surface area contributed by atoms with Crippen molar-refractivity contribution in [3.63, 3.8) is 0 Å². The standard InChI is InChI=1S/C33H28F3N3O3/c1-32(2,23-11-13-24(14-12-23)33(34,35)36)31(40)39-25-15-9-22(10-16-25)30-26-17-28(41-3)29(18-27(26)37-20-38-30)42-19-21-7-5-4-6-8-21/h4-18,20H,19H2,1-3H3,(H,39,40). The summed E-state index contributed by atoms with van der Waals surface area (Å²) < 4.78 is 50.5. The number of nitrogens with one attached hydrogen (secondary N) is 1. The second-order valence-electron chi connectivity index (χ2n) is 10.2. The molecule has 9 heteroatoms. The Morgan fingerprint density at radius 2 is 1.50 bits per heavy atom. The van der Waals surface area contributed by atoms with Crippen molar-refractivity contribution >= 4 is 22.5 Å². The van der Waals surface area contributed by atoms with E-state index in [1.807, 2.05) is 54.6 Å². The van der Waals surface area contributed by atoms with Crippen molar-refractivity contribution in [2.45, 2.75) is 32.0 Å². The quantitative estimate of drug-likeness (QED) is 0.206. The summed E-state index contributed by atoms with van der Waals surface area (Å²) >= 11 is 0. The highest BCUT2D eigenvalue weighted by atomic mass is 19.4. The van der Waals surface area contributed by atoms with Gasteiger partial charge in [-0.15, -0.1) is 0 Å². The van der Waals surface area contributed by atoms with Crippen molar-refractivity contribution < 1.29 is 27.4 Å². The van der Waals surface area contributed by atoms with Crippen LogP contribution in [0.5, 0.6) is 11.5 Å². The molecule has 5 rings (SSSR count). The number of halogens is 3. The van der Waals surface area contributed by atoms with E-state index in [0.29, 0.717) is 40.6 Å². The molecule has 0 aliphatic carbocycles. The van der Waals surface area contributed by atoms with Crippen LogP contribution in [0, 0.1) is 0 Å². The zero-order chi connectivity index (χ0) is 29.9. The van der Waals surface area contributed by atoms with Gasteiger partial charge in [0, 0.05) is 22.7 Å². The third-order valence-electron chi connectivity index (χ3n) is 7.08. The fourth-order valence-corrected chi connectivity index (χ4v) is 4.51. The maximum Gasteiger partial charge on any atom is 0.416 e. The lowest BCUT2D eigenvalue weighted by Crippen LogP contribution is -2.34. The first-order chi connectivity index (χ1) is 20.1. The Labute approximate surface area is 241 Å². The van der Waals surface area contributed by atoms with Gasteiger partial charge in [0.2, 0.25) is 5.91 Å². The minimum absolute atomic E-state index is 0.352. The summed E-state index contributed by atoms with van der Waals surface area (Å²) in [6, 6.07) is 25.3. The van der Waals surface area contributed by atoms with Crippen LogP contribution in [0.1, 0.15) is 30.5 Å². The van der Waals surface area contributed by atoms with Crippen LogP contribution >= 0.6 is 0 Å². The molecule has 1 heterocycles. The number of methoxy groups -OCH3 is 1. The minimum Gasteiger partial charge on any atom is -0.493 e. The van der Waals surface area contributed by atoms with E-state index in [-0.39, 0.29) is 5.91 Å². The highest BCUT2D eigenvalue weighted by Crippen LogP contribution is 2.36. The number of hydrogen-bond donors (Lipinski definition) is 1. The first-order valence-corrected chi connectivity index (χ1v) is 13.2. The average molecular weight is 572 g/mol. The summed E-state index contributed by atoms with van der Waals surface area (Å²) in [4.78, 5) is 22.0. The van der Waals surface area contributed by atoms with Crippen molar-refractivity contribution in [2.75, 3.05) is 12.4 Å². The van der Waals surface area contributed by atoms with Crippen molar-refractivity contribution in [3.8, 4) is 22.8 Å². The van der Waals surface area contributed by atoms with Crippen LogP contribution in [0.25, 0.3) is 22.2 Å². The van der Waals surface area contributed by atoms with Crippen molar-refractivity contribution in [1.29, 1.82) is 0 Å². The second-order valence-corrected chi connectivity index (χ2v) is 10.2. The molecule has 0 aliphatic heterocycles. The molecule has 214 valence electrons. The number of alkyl halides is 3.